The van der Waals surface area contributed by atoms with Gasteiger partial charge in [0, 0.05) is 35.1 Å². The van der Waals surface area contributed by atoms with E-state index < -0.39 is 0 Å². The molecule has 9 nitrogen and oxygen atoms in total. The van der Waals surface area contributed by atoms with Crippen molar-refractivity contribution in [3.63, 3.8) is 0 Å². The van der Waals surface area contributed by atoms with Gasteiger partial charge in [0.05, 0.1) is 12.7 Å². The normalized spacial score (nSPS) is 10.8. The summed E-state index contributed by atoms with van der Waals surface area (Å²) in [6.07, 6.45) is 4.99. The van der Waals surface area contributed by atoms with Crippen molar-refractivity contribution in [2.24, 2.45) is 0 Å². The number of pyridine rings is 1. The molecule has 3 heterocycles. The van der Waals surface area contributed by atoms with Crippen molar-refractivity contribution in [1.82, 2.24) is 35.4 Å². The summed E-state index contributed by atoms with van der Waals surface area (Å²) in [5.74, 6) is 0.473. The van der Waals surface area contributed by atoms with Crippen LogP contribution in [0, 0.1) is 0 Å². The van der Waals surface area contributed by atoms with E-state index in [-0.39, 0.29) is 11.8 Å². The molecule has 10 heteroatoms. The Balaban J connectivity index is 1.36. The summed E-state index contributed by atoms with van der Waals surface area (Å²) < 4.78 is 6.83. The Bertz CT molecular complexity index is 1090. The van der Waals surface area contributed by atoms with E-state index in [0.717, 1.165) is 5.56 Å². The number of benzene rings is 1. The molecule has 0 radical (unpaired) electrons. The lowest BCUT2D eigenvalue weighted by Crippen LogP contribution is -2.27. The summed E-state index contributed by atoms with van der Waals surface area (Å²) in [7, 11) is 0. The van der Waals surface area contributed by atoms with E-state index in [4.69, 9.17) is 16.1 Å². The van der Waals surface area contributed by atoms with E-state index in [1.807, 2.05) is 6.07 Å². The number of carbonyl (C=O) groups excluding carboxylic acids is 1. The molecule has 3 aromatic heterocycles. The second-order valence-electron chi connectivity index (χ2n) is 5.80. The van der Waals surface area contributed by atoms with Gasteiger partial charge in [-0.2, -0.15) is 4.98 Å². The van der Waals surface area contributed by atoms with Gasteiger partial charge >= 0.3 is 0 Å². The largest absolute Gasteiger partial charge is 0.350 e. The number of carbonyl (C=O) groups is 1. The number of hydrogen-bond acceptors (Lipinski definition) is 7. The minimum atomic E-state index is -0.208. The highest BCUT2D eigenvalue weighted by Gasteiger charge is 2.14. The van der Waals surface area contributed by atoms with E-state index in [1.165, 1.54) is 0 Å². The molecular weight excluding hydrogens is 382 g/mol. The molecule has 4 aromatic rings. The maximum atomic E-state index is 12.1. The monoisotopic (exact) mass is 395 g/mol. The Morgan fingerprint density at radius 1 is 1.25 bits per heavy atom. The van der Waals surface area contributed by atoms with Crippen molar-refractivity contribution < 1.29 is 9.32 Å². The maximum Gasteiger partial charge on any atom is 0.280 e. The summed E-state index contributed by atoms with van der Waals surface area (Å²) in [5, 5.41) is 15.3. The molecule has 140 valence electrons. The average molecular weight is 396 g/mol. The Kier molecular flexibility index (Phi) is 5.07. The van der Waals surface area contributed by atoms with Crippen molar-refractivity contribution in [2.75, 3.05) is 6.54 Å². The molecule has 0 saturated carbocycles. The molecule has 1 amide bonds. The smallest absolute Gasteiger partial charge is 0.280 e. The summed E-state index contributed by atoms with van der Waals surface area (Å²) in [4.78, 5) is 20.4. The fourth-order valence-electron chi connectivity index (χ4n) is 2.46. The zero-order valence-electron chi connectivity index (χ0n) is 14.5. The molecule has 0 aliphatic carbocycles. The summed E-state index contributed by atoms with van der Waals surface area (Å²) in [5.41, 5.74) is 1.69. The van der Waals surface area contributed by atoms with Gasteiger partial charge in [-0.25, -0.2) is 4.68 Å². The van der Waals surface area contributed by atoms with Crippen molar-refractivity contribution in [3.8, 4) is 23.0 Å². The van der Waals surface area contributed by atoms with Crippen LogP contribution in [-0.2, 0) is 6.54 Å². The van der Waals surface area contributed by atoms with E-state index in [0.29, 0.717) is 35.2 Å². The number of nitrogens with zero attached hydrogens (tertiary/aromatic N) is 6. The van der Waals surface area contributed by atoms with E-state index in [1.54, 1.807) is 53.6 Å². The molecular formula is C18H14ClN7O2. The number of aromatic nitrogens is 6. The average Bonchev–Trinajstić information content (AvgIpc) is 3.38. The van der Waals surface area contributed by atoms with E-state index >= 15 is 0 Å². The van der Waals surface area contributed by atoms with Crippen LogP contribution in [0.15, 0.2) is 59.5 Å². The molecule has 0 unspecified atom stereocenters. The van der Waals surface area contributed by atoms with Gasteiger partial charge in [-0.1, -0.05) is 28.0 Å². The highest BCUT2D eigenvalue weighted by atomic mass is 35.5. The standard InChI is InChI=1S/C18H14ClN7O2/c19-14-5-1-3-12(9-14)17(27)21-7-8-26-11-15(23-25-26)18-22-16(24-28-18)13-4-2-6-20-10-13/h1-6,9-11H,7-8H2,(H,21,27). The third-order valence-electron chi connectivity index (χ3n) is 3.82. The molecule has 0 fully saturated rings. The molecule has 0 spiro atoms. The van der Waals surface area contributed by atoms with Gasteiger partial charge in [-0.15, -0.1) is 5.10 Å². The van der Waals surface area contributed by atoms with Crippen LogP contribution in [0.25, 0.3) is 23.0 Å². The molecule has 0 aliphatic heterocycles. The second-order valence-corrected chi connectivity index (χ2v) is 6.23. The highest BCUT2D eigenvalue weighted by Crippen LogP contribution is 2.19. The number of amides is 1. The lowest BCUT2D eigenvalue weighted by Gasteiger charge is -2.05. The highest BCUT2D eigenvalue weighted by molar-refractivity contribution is 6.30. The number of nitrogens with one attached hydrogen (secondary N) is 1. The molecule has 28 heavy (non-hydrogen) atoms. The van der Waals surface area contributed by atoms with Crippen LogP contribution in [0.3, 0.4) is 0 Å². The molecule has 4 rings (SSSR count). The number of halogens is 1. The van der Waals surface area contributed by atoms with Crippen LogP contribution in [0.1, 0.15) is 10.4 Å². The summed E-state index contributed by atoms with van der Waals surface area (Å²) in [6, 6.07) is 10.4. The quantitative estimate of drug-likeness (QED) is 0.533. The molecule has 0 bridgehead atoms. The van der Waals surface area contributed by atoms with Crippen LogP contribution < -0.4 is 5.32 Å². The predicted octanol–water partition coefficient (Wildman–Crippen LogP) is 2.47. The fourth-order valence-corrected chi connectivity index (χ4v) is 2.65. The summed E-state index contributed by atoms with van der Waals surface area (Å²) >= 11 is 5.89. The van der Waals surface area contributed by atoms with Gasteiger partial charge in [-0.05, 0) is 30.3 Å². The van der Waals surface area contributed by atoms with Crippen molar-refractivity contribution in [3.05, 3.63) is 65.6 Å². The van der Waals surface area contributed by atoms with Gasteiger partial charge in [0.2, 0.25) is 5.82 Å². The molecule has 1 aromatic carbocycles. The summed E-state index contributed by atoms with van der Waals surface area (Å²) in [6.45, 7) is 0.807. The minimum absolute atomic E-state index is 0.208. The van der Waals surface area contributed by atoms with Crippen LogP contribution in [0.4, 0.5) is 0 Å². The van der Waals surface area contributed by atoms with Gasteiger partial charge in [0.25, 0.3) is 11.8 Å². The van der Waals surface area contributed by atoms with Crippen molar-refractivity contribution in [2.45, 2.75) is 6.54 Å². The van der Waals surface area contributed by atoms with Crippen molar-refractivity contribution in [1.29, 1.82) is 0 Å². The Morgan fingerprint density at radius 3 is 3.00 bits per heavy atom. The molecule has 0 aliphatic rings. The Morgan fingerprint density at radius 2 is 2.18 bits per heavy atom. The Labute approximate surface area is 164 Å². The zero-order valence-corrected chi connectivity index (χ0v) is 15.2. The first-order valence-corrected chi connectivity index (χ1v) is 8.75. The van der Waals surface area contributed by atoms with Crippen molar-refractivity contribution >= 4 is 17.5 Å². The van der Waals surface area contributed by atoms with Crippen LogP contribution in [0.2, 0.25) is 5.02 Å². The first-order valence-electron chi connectivity index (χ1n) is 8.37. The van der Waals surface area contributed by atoms with Gasteiger partial charge in [-0.3, -0.25) is 9.78 Å². The number of hydrogen-bond donors (Lipinski definition) is 1. The van der Waals surface area contributed by atoms with Gasteiger partial charge < -0.3 is 9.84 Å². The predicted molar refractivity (Wildman–Crippen MR) is 100 cm³/mol. The Hall–Kier alpha value is -3.59. The second kappa shape index (κ2) is 7.97. The van der Waals surface area contributed by atoms with Crippen LogP contribution in [0.5, 0.6) is 0 Å². The lowest BCUT2D eigenvalue weighted by atomic mass is 10.2. The van der Waals surface area contributed by atoms with Crippen LogP contribution in [-0.4, -0.2) is 42.6 Å². The SMILES string of the molecule is O=C(NCCn1cc(-c2nc(-c3cccnc3)no2)nn1)c1cccc(Cl)c1. The first kappa shape index (κ1) is 17.8. The van der Waals surface area contributed by atoms with Crippen LogP contribution >= 0.6 is 11.6 Å². The topological polar surface area (TPSA) is 112 Å². The molecule has 0 atom stereocenters. The number of rotatable bonds is 6. The zero-order chi connectivity index (χ0) is 19.3. The first-order chi connectivity index (χ1) is 13.7. The maximum absolute atomic E-state index is 12.1. The van der Waals surface area contributed by atoms with E-state index in [2.05, 4.69) is 30.8 Å². The third-order valence-corrected chi connectivity index (χ3v) is 4.05. The lowest BCUT2D eigenvalue weighted by molar-refractivity contribution is 0.0952. The van der Waals surface area contributed by atoms with Gasteiger partial charge in [0.15, 0.2) is 5.69 Å². The van der Waals surface area contributed by atoms with Gasteiger partial charge in [0.1, 0.15) is 0 Å². The fraction of sp³-hybridized carbons (Fsp3) is 0.111. The molecule has 0 saturated heterocycles. The van der Waals surface area contributed by atoms with E-state index in [9.17, 15) is 4.79 Å². The third kappa shape index (κ3) is 4.04. The molecule has 1 N–H and O–H groups in total. The minimum Gasteiger partial charge on any atom is -0.350 e.